The van der Waals surface area contributed by atoms with Gasteiger partial charge in [0.15, 0.2) is 5.82 Å². The Hall–Kier alpha value is -2.21. The second kappa shape index (κ2) is 5.29. The van der Waals surface area contributed by atoms with E-state index in [-0.39, 0.29) is 5.69 Å². The fourth-order valence-corrected chi connectivity index (χ4v) is 2.27. The van der Waals surface area contributed by atoms with Gasteiger partial charge >= 0.3 is 0 Å². The van der Waals surface area contributed by atoms with Gasteiger partial charge in [-0.2, -0.15) is 5.10 Å². The van der Waals surface area contributed by atoms with Crippen molar-refractivity contribution in [1.82, 2.24) is 9.78 Å². The Bertz CT molecular complexity index is 797. The quantitative estimate of drug-likeness (QED) is 0.754. The molecule has 0 aliphatic heterocycles. The van der Waals surface area contributed by atoms with Crippen LogP contribution in [0.5, 0.6) is 0 Å². The van der Waals surface area contributed by atoms with Gasteiger partial charge in [-0.3, -0.25) is 0 Å². The molecule has 0 saturated carbocycles. The molecule has 1 heterocycles. The summed E-state index contributed by atoms with van der Waals surface area (Å²) in [5, 5.41) is 4.28. The van der Waals surface area contributed by atoms with Crippen molar-refractivity contribution in [2.24, 2.45) is 0 Å². The summed E-state index contributed by atoms with van der Waals surface area (Å²) in [6, 6.07) is 10.8. The van der Waals surface area contributed by atoms with E-state index in [0.717, 1.165) is 16.1 Å². The van der Waals surface area contributed by atoms with Crippen LogP contribution in [0.1, 0.15) is 0 Å². The fraction of sp³-hybridized carbons (Fsp3) is 0. The molecule has 0 radical (unpaired) electrons. The monoisotopic (exact) mass is 349 g/mol. The zero-order valence-electron chi connectivity index (χ0n) is 10.7. The molecule has 0 fully saturated rings. The fourth-order valence-electron chi connectivity index (χ4n) is 2.01. The first kappa shape index (κ1) is 13.8. The van der Waals surface area contributed by atoms with E-state index in [1.54, 1.807) is 0 Å². The summed E-state index contributed by atoms with van der Waals surface area (Å²) < 4.78 is 29.0. The van der Waals surface area contributed by atoms with Crippen molar-refractivity contribution in [3.8, 4) is 16.9 Å². The molecule has 106 valence electrons. The molecule has 0 unspecified atom stereocenters. The van der Waals surface area contributed by atoms with Crippen LogP contribution in [-0.4, -0.2) is 9.78 Å². The minimum Gasteiger partial charge on any atom is -0.396 e. The lowest BCUT2D eigenvalue weighted by Gasteiger charge is -2.03. The highest BCUT2D eigenvalue weighted by atomic mass is 79.9. The average Bonchev–Trinajstić information content (AvgIpc) is 2.81. The summed E-state index contributed by atoms with van der Waals surface area (Å²) in [5.41, 5.74) is 7.86. The summed E-state index contributed by atoms with van der Waals surface area (Å²) in [6.45, 7) is 0. The van der Waals surface area contributed by atoms with Gasteiger partial charge in [-0.1, -0.05) is 28.1 Å². The minimum atomic E-state index is -0.695. The van der Waals surface area contributed by atoms with Gasteiger partial charge in [0.25, 0.3) is 0 Å². The van der Waals surface area contributed by atoms with Crippen LogP contribution in [0.15, 0.2) is 53.1 Å². The van der Waals surface area contributed by atoms with Crippen LogP contribution >= 0.6 is 15.9 Å². The predicted molar refractivity (Wildman–Crippen MR) is 81.0 cm³/mol. The Morgan fingerprint density at radius 1 is 1.05 bits per heavy atom. The molecule has 1 aromatic heterocycles. The van der Waals surface area contributed by atoms with E-state index < -0.39 is 11.6 Å². The molecule has 0 amide bonds. The van der Waals surface area contributed by atoms with Crippen LogP contribution in [0.25, 0.3) is 16.9 Å². The molecule has 0 aliphatic rings. The molecule has 0 atom stereocenters. The zero-order chi connectivity index (χ0) is 15.0. The number of halogens is 3. The Kier molecular flexibility index (Phi) is 3.47. The Labute approximate surface area is 128 Å². The summed E-state index contributed by atoms with van der Waals surface area (Å²) in [7, 11) is 0. The lowest BCUT2D eigenvalue weighted by molar-refractivity contribution is 0.574. The van der Waals surface area contributed by atoms with Gasteiger partial charge in [-0.15, -0.1) is 0 Å². The molecule has 6 heteroatoms. The highest BCUT2D eigenvalue weighted by Gasteiger charge is 2.12. The molecular formula is C15H10BrF2N3. The smallest absolute Gasteiger partial charge is 0.151 e. The first-order valence-electron chi connectivity index (χ1n) is 6.11. The van der Waals surface area contributed by atoms with Crippen molar-refractivity contribution >= 4 is 21.6 Å². The SMILES string of the molecule is Nc1cn(-c2ccc(F)cc2F)nc1-c1ccc(Br)cc1. The summed E-state index contributed by atoms with van der Waals surface area (Å²) in [4.78, 5) is 0. The largest absolute Gasteiger partial charge is 0.396 e. The minimum absolute atomic E-state index is 0.145. The first-order chi connectivity index (χ1) is 10.0. The maximum absolute atomic E-state index is 13.8. The number of anilines is 1. The molecule has 3 aromatic rings. The highest BCUT2D eigenvalue weighted by molar-refractivity contribution is 9.10. The number of hydrogen-bond donors (Lipinski definition) is 1. The molecule has 2 aromatic carbocycles. The van der Waals surface area contributed by atoms with Crippen LogP contribution in [-0.2, 0) is 0 Å². The summed E-state index contributed by atoms with van der Waals surface area (Å²) >= 11 is 3.35. The average molecular weight is 350 g/mol. The number of hydrogen-bond acceptors (Lipinski definition) is 2. The number of aromatic nitrogens is 2. The lowest BCUT2D eigenvalue weighted by atomic mass is 10.1. The maximum atomic E-state index is 13.8. The van der Waals surface area contributed by atoms with Gasteiger partial charge in [-0.05, 0) is 24.3 Å². The van der Waals surface area contributed by atoms with Gasteiger partial charge in [0.1, 0.15) is 17.2 Å². The van der Waals surface area contributed by atoms with Crippen molar-refractivity contribution in [3.63, 3.8) is 0 Å². The van der Waals surface area contributed by atoms with Gasteiger partial charge in [0.2, 0.25) is 0 Å². The van der Waals surface area contributed by atoms with E-state index in [4.69, 9.17) is 5.73 Å². The van der Waals surface area contributed by atoms with Crippen molar-refractivity contribution < 1.29 is 8.78 Å². The second-order valence-electron chi connectivity index (χ2n) is 4.48. The number of nitrogen functional groups attached to an aromatic ring is 1. The molecule has 0 aliphatic carbocycles. The third-order valence-electron chi connectivity index (χ3n) is 3.02. The van der Waals surface area contributed by atoms with Crippen molar-refractivity contribution in [3.05, 3.63) is 64.8 Å². The molecule has 2 N–H and O–H groups in total. The molecule has 3 rings (SSSR count). The third kappa shape index (κ3) is 2.67. The zero-order valence-corrected chi connectivity index (χ0v) is 12.3. The van der Waals surface area contributed by atoms with E-state index in [2.05, 4.69) is 21.0 Å². The predicted octanol–water partition coefficient (Wildman–Crippen LogP) is 4.16. The molecule has 0 spiro atoms. The van der Waals surface area contributed by atoms with Crippen molar-refractivity contribution in [2.75, 3.05) is 5.73 Å². The molecule has 0 bridgehead atoms. The molecule has 0 saturated heterocycles. The van der Waals surface area contributed by atoms with Crippen LogP contribution in [0.3, 0.4) is 0 Å². The standard InChI is InChI=1S/C15H10BrF2N3/c16-10-3-1-9(2-4-10)15-13(19)8-21(20-15)14-6-5-11(17)7-12(14)18/h1-8H,19H2. The number of benzene rings is 2. The number of rotatable bonds is 2. The van der Waals surface area contributed by atoms with Gasteiger partial charge in [0, 0.05) is 16.1 Å². The number of nitrogens with two attached hydrogens (primary N) is 1. The summed E-state index contributed by atoms with van der Waals surface area (Å²) in [5.74, 6) is -1.33. The first-order valence-corrected chi connectivity index (χ1v) is 6.90. The van der Waals surface area contributed by atoms with E-state index in [1.165, 1.54) is 23.0 Å². The van der Waals surface area contributed by atoms with Crippen LogP contribution in [0.4, 0.5) is 14.5 Å². The van der Waals surface area contributed by atoms with Crippen molar-refractivity contribution in [2.45, 2.75) is 0 Å². The maximum Gasteiger partial charge on any atom is 0.151 e. The van der Waals surface area contributed by atoms with E-state index >= 15 is 0 Å². The normalized spacial score (nSPS) is 10.8. The Morgan fingerprint density at radius 2 is 1.76 bits per heavy atom. The highest BCUT2D eigenvalue weighted by Crippen LogP contribution is 2.27. The van der Waals surface area contributed by atoms with E-state index in [0.29, 0.717) is 11.4 Å². The third-order valence-corrected chi connectivity index (χ3v) is 3.55. The van der Waals surface area contributed by atoms with Crippen LogP contribution in [0, 0.1) is 11.6 Å². The molecular weight excluding hydrogens is 340 g/mol. The second-order valence-corrected chi connectivity index (χ2v) is 5.40. The van der Waals surface area contributed by atoms with E-state index in [9.17, 15) is 8.78 Å². The Morgan fingerprint density at radius 3 is 2.43 bits per heavy atom. The number of nitrogens with zero attached hydrogens (tertiary/aromatic N) is 2. The summed E-state index contributed by atoms with van der Waals surface area (Å²) in [6.07, 6.45) is 1.51. The van der Waals surface area contributed by atoms with E-state index in [1.807, 2.05) is 24.3 Å². The van der Waals surface area contributed by atoms with Crippen molar-refractivity contribution in [1.29, 1.82) is 0 Å². The lowest BCUT2D eigenvalue weighted by Crippen LogP contribution is -1.99. The van der Waals surface area contributed by atoms with Gasteiger partial charge in [0.05, 0.1) is 11.9 Å². The molecule has 21 heavy (non-hydrogen) atoms. The van der Waals surface area contributed by atoms with Gasteiger partial charge in [-0.25, -0.2) is 13.5 Å². The molecule has 3 nitrogen and oxygen atoms in total. The van der Waals surface area contributed by atoms with Crippen LogP contribution in [0.2, 0.25) is 0 Å². The Balaban J connectivity index is 2.07. The van der Waals surface area contributed by atoms with Gasteiger partial charge < -0.3 is 5.73 Å². The topological polar surface area (TPSA) is 43.8 Å². The van der Waals surface area contributed by atoms with Crippen LogP contribution < -0.4 is 5.73 Å².